The highest BCUT2D eigenvalue weighted by Gasteiger charge is 2.19. The highest BCUT2D eigenvalue weighted by atomic mass is 32.1. The van der Waals surface area contributed by atoms with E-state index in [-0.39, 0.29) is 0 Å². The van der Waals surface area contributed by atoms with Crippen LogP contribution in [0.15, 0.2) is 11.4 Å². The summed E-state index contributed by atoms with van der Waals surface area (Å²) in [5.74, 6) is 0. The number of nitriles is 2. The molecule has 0 saturated carbocycles. The van der Waals surface area contributed by atoms with Gasteiger partial charge >= 0.3 is 0 Å². The van der Waals surface area contributed by atoms with Crippen LogP contribution < -0.4 is 0 Å². The van der Waals surface area contributed by atoms with E-state index in [1.807, 2.05) is 39.1 Å². The molecule has 0 spiro atoms. The molecule has 20 heavy (non-hydrogen) atoms. The minimum Gasteiger partial charge on any atom is -0.192 e. The maximum atomic E-state index is 9.56. The second-order valence-corrected chi connectivity index (χ2v) is 7.19. The predicted octanol–water partition coefficient (Wildman–Crippen LogP) is 5.00. The van der Waals surface area contributed by atoms with Crippen molar-refractivity contribution in [2.45, 2.75) is 27.7 Å². The first-order chi connectivity index (χ1) is 9.49. The molecule has 2 rings (SSSR count). The zero-order chi connectivity index (χ0) is 14.9. The van der Waals surface area contributed by atoms with Gasteiger partial charge in [-0.1, -0.05) is 0 Å². The van der Waals surface area contributed by atoms with Gasteiger partial charge in [0.05, 0.1) is 11.1 Å². The number of nitrogens with zero attached hydrogens (tertiary/aromatic N) is 2. The van der Waals surface area contributed by atoms with E-state index < -0.39 is 0 Å². The smallest absolute Gasteiger partial charge is 0.101 e. The van der Waals surface area contributed by atoms with Gasteiger partial charge in [-0.3, -0.25) is 0 Å². The van der Waals surface area contributed by atoms with E-state index in [9.17, 15) is 10.5 Å². The van der Waals surface area contributed by atoms with Crippen molar-refractivity contribution in [1.29, 1.82) is 10.5 Å². The van der Waals surface area contributed by atoms with E-state index in [0.29, 0.717) is 11.1 Å². The van der Waals surface area contributed by atoms with E-state index in [1.165, 1.54) is 0 Å². The molecule has 0 atom stereocenters. The average Bonchev–Trinajstić information content (AvgIpc) is 2.90. The molecule has 100 valence electrons. The molecule has 0 aliphatic heterocycles. The van der Waals surface area contributed by atoms with Crippen molar-refractivity contribution in [1.82, 2.24) is 0 Å². The molecule has 0 radical (unpaired) electrons. The summed E-state index contributed by atoms with van der Waals surface area (Å²) >= 11 is 3.27. The second kappa shape index (κ2) is 5.63. The largest absolute Gasteiger partial charge is 0.192 e. The molecule has 0 saturated heterocycles. The molecule has 4 heteroatoms. The van der Waals surface area contributed by atoms with Crippen molar-refractivity contribution in [3.63, 3.8) is 0 Å². The summed E-state index contributed by atoms with van der Waals surface area (Å²) in [4.78, 5) is 3.31. The summed E-state index contributed by atoms with van der Waals surface area (Å²) in [6.07, 6.45) is 0. The summed E-state index contributed by atoms with van der Waals surface area (Å²) in [7, 11) is 0. The minimum atomic E-state index is 0.485. The van der Waals surface area contributed by atoms with E-state index in [4.69, 9.17) is 0 Å². The average molecular weight is 298 g/mol. The first-order valence-corrected chi connectivity index (χ1v) is 7.86. The van der Waals surface area contributed by atoms with Crippen LogP contribution >= 0.6 is 22.7 Å². The Hall–Kier alpha value is -1.88. The van der Waals surface area contributed by atoms with Gasteiger partial charge in [0.25, 0.3) is 0 Å². The van der Waals surface area contributed by atoms with Crippen LogP contribution in [0.3, 0.4) is 0 Å². The fraction of sp³-hybridized carbons (Fsp3) is 0.250. The molecule has 2 aromatic rings. The van der Waals surface area contributed by atoms with E-state index >= 15 is 0 Å². The zero-order valence-electron chi connectivity index (χ0n) is 11.9. The minimum absolute atomic E-state index is 0.485. The Labute approximate surface area is 127 Å². The Balaban J connectivity index is 2.78. The normalized spacial score (nSPS) is 11.7. The topological polar surface area (TPSA) is 47.6 Å². The maximum Gasteiger partial charge on any atom is 0.101 e. The van der Waals surface area contributed by atoms with Crippen molar-refractivity contribution in [2.75, 3.05) is 0 Å². The number of hydrogen-bond donors (Lipinski definition) is 0. The van der Waals surface area contributed by atoms with Crippen LogP contribution in [0.1, 0.15) is 31.3 Å². The Bertz CT molecular complexity index is 757. The maximum absolute atomic E-state index is 9.56. The number of rotatable bonds is 2. The van der Waals surface area contributed by atoms with Crippen molar-refractivity contribution in [2.24, 2.45) is 0 Å². The van der Waals surface area contributed by atoms with Crippen LogP contribution in [0.4, 0.5) is 0 Å². The highest BCUT2D eigenvalue weighted by molar-refractivity contribution is 7.12. The van der Waals surface area contributed by atoms with Gasteiger partial charge in [0, 0.05) is 25.8 Å². The second-order valence-electron chi connectivity index (χ2n) is 4.65. The predicted molar refractivity (Wildman–Crippen MR) is 85.6 cm³/mol. The number of aryl methyl sites for hydroxylation is 4. The lowest BCUT2D eigenvalue weighted by molar-refractivity contribution is 1.43. The molecule has 0 aliphatic rings. The number of allylic oxidation sites excluding steroid dienone is 2. The van der Waals surface area contributed by atoms with Crippen LogP contribution in [0.2, 0.25) is 0 Å². The summed E-state index contributed by atoms with van der Waals surface area (Å²) in [6, 6.07) is 6.47. The highest BCUT2D eigenvalue weighted by Crippen LogP contribution is 2.36. The molecule has 2 nitrogen and oxygen atoms in total. The summed E-state index contributed by atoms with van der Waals surface area (Å²) in [6.45, 7) is 7.98. The van der Waals surface area contributed by atoms with Gasteiger partial charge in [0.15, 0.2) is 0 Å². The third-order valence-electron chi connectivity index (χ3n) is 3.19. The first kappa shape index (κ1) is 14.5. The van der Waals surface area contributed by atoms with Gasteiger partial charge in [0.2, 0.25) is 0 Å². The molecule has 0 unspecified atom stereocenters. The van der Waals surface area contributed by atoms with Crippen molar-refractivity contribution in [3.8, 4) is 12.1 Å². The van der Waals surface area contributed by atoms with E-state index in [2.05, 4.69) is 12.1 Å². The lowest BCUT2D eigenvalue weighted by atomic mass is 9.95. The van der Waals surface area contributed by atoms with Gasteiger partial charge in [-0.15, -0.1) is 22.7 Å². The Morgan fingerprint density at radius 3 is 2.05 bits per heavy atom. The standard InChI is InChI=1S/C16H14N2S2/c1-9-8-19-12(4)16(9)15(7-18)14(6-17)13-5-10(2)20-11(13)3/h5,8H,1-4H3/b15-14-. The van der Waals surface area contributed by atoms with Gasteiger partial charge < -0.3 is 0 Å². The summed E-state index contributed by atoms with van der Waals surface area (Å²) < 4.78 is 0. The third kappa shape index (κ3) is 2.41. The third-order valence-corrected chi connectivity index (χ3v) is 5.19. The fourth-order valence-electron chi connectivity index (χ4n) is 2.31. The van der Waals surface area contributed by atoms with Gasteiger partial charge in [-0.05, 0) is 44.7 Å². The van der Waals surface area contributed by atoms with E-state index in [1.54, 1.807) is 22.7 Å². The Kier molecular flexibility index (Phi) is 4.09. The van der Waals surface area contributed by atoms with Crippen molar-refractivity contribution in [3.05, 3.63) is 42.8 Å². The monoisotopic (exact) mass is 298 g/mol. The van der Waals surface area contributed by atoms with Crippen LogP contribution in [-0.2, 0) is 0 Å². The SMILES string of the molecule is Cc1cc(/C(C#N)=C(/C#N)c2c(C)csc2C)c(C)s1. The molecule has 0 aromatic carbocycles. The van der Waals surface area contributed by atoms with Crippen molar-refractivity contribution < 1.29 is 0 Å². The molecule has 0 N–H and O–H groups in total. The van der Waals surface area contributed by atoms with Crippen LogP contribution in [0.5, 0.6) is 0 Å². The summed E-state index contributed by atoms with van der Waals surface area (Å²) in [5.41, 5.74) is 3.83. The number of thiophene rings is 2. The molecule has 2 aromatic heterocycles. The Morgan fingerprint density at radius 1 is 1.00 bits per heavy atom. The van der Waals surface area contributed by atoms with Crippen LogP contribution in [0.25, 0.3) is 11.1 Å². The van der Waals surface area contributed by atoms with Crippen LogP contribution in [0, 0.1) is 50.4 Å². The Morgan fingerprint density at radius 2 is 1.65 bits per heavy atom. The van der Waals surface area contributed by atoms with Crippen LogP contribution in [-0.4, -0.2) is 0 Å². The van der Waals surface area contributed by atoms with Gasteiger partial charge in [-0.25, -0.2) is 0 Å². The molecule has 0 bridgehead atoms. The lowest BCUT2D eigenvalue weighted by Crippen LogP contribution is -1.91. The zero-order valence-corrected chi connectivity index (χ0v) is 13.5. The quantitative estimate of drug-likeness (QED) is 0.732. The molecular weight excluding hydrogens is 284 g/mol. The van der Waals surface area contributed by atoms with Crippen molar-refractivity contribution >= 4 is 33.8 Å². The lowest BCUT2D eigenvalue weighted by Gasteiger charge is -2.05. The first-order valence-electron chi connectivity index (χ1n) is 6.16. The number of hydrogen-bond acceptors (Lipinski definition) is 4. The van der Waals surface area contributed by atoms with E-state index in [0.717, 1.165) is 31.3 Å². The van der Waals surface area contributed by atoms with Gasteiger partial charge in [-0.2, -0.15) is 10.5 Å². The van der Waals surface area contributed by atoms with Gasteiger partial charge in [0.1, 0.15) is 12.1 Å². The molecule has 0 aliphatic carbocycles. The molecular formula is C16H14N2S2. The molecule has 0 fully saturated rings. The molecule has 2 heterocycles. The molecule has 0 amide bonds. The fourth-order valence-corrected chi connectivity index (χ4v) is 4.10. The summed E-state index contributed by atoms with van der Waals surface area (Å²) in [5, 5.41) is 21.1.